The second-order valence-corrected chi connectivity index (χ2v) is 10.6. The van der Waals surface area contributed by atoms with Gasteiger partial charge in [0.25, 0.3) is 0 Å². The fraction of sp³-hybridized carbons (Fsp3) is 0.375. The van der Waals surface area contributed by atoms with Gasteiger partial charge in [-0.2, -0.15) is 0 Å². The van der Waals surface area contributed by atoms with Gasteiger partial charge in [0.1, 0.15) is 29.7 Å². The highest BCUT2D eigenvalue weighted by Gasteiger charge is 2.58. The van der Waals surface area contributed by atoms with Gasteiger partial charge in [0.2, 0.25) is 0 Å². The molecule has 1 spiro atoms. The van der Waals surface area contributed by atoms with Gasteiger partial charge < -0.3 is 26.2 Å². The lowest BCUT2D eigenvalue weighted by atomic mass is 9.80. The fourth-order valence-electron chi connectivity index (χ4n) is 6.08. The molecule has 2 fully saturated rings. The van der Waals surface area contributed by atoms with Crippen molar-refractivity contribution in [2.75, 3.05) is 25.1 Å². The third-order valence-corrected chi connectivity index (χ3v) is 8.40. The van der Waals surface area contributed by atoms with Gasteiger partial charge in [0.15, 0.2) is 0 Å². The summed E-state index contributed by atoms with van der Waals surface area (Å²) in [5, 5.41) is 24.2. The van der Waals surface area contributed by atoms with Crippen LogP contribution in [0.5, 0.6) is 0 Å². The van der Waals surface area contributed by atoms with Crippen molar-refractivity contribution >= 4 is 49.5 Å². The lowest BCUT2D eigenvalue weighted by Crippen LogP contribution is -2.38. The van der Waals surface area contributed by atoms with Gasteiger partial charge in [-0.15, -0.1) is 0 Å². The van der Waals surface area contributed by atoms with Crippen LogP contribution in [0.25, 0.3) is 21.9 Å². The quantitative estimate of drug-likeness (QED) is 0.314. The number of likely N-dealkylation sites (tertiary alicyclic amines) is 1. The maximum absolute atomic E-state index is 11.3. The highest BCUT2D eigenvalue weighted by Crippen LogP contribution is 2.55. The van der Waals surface area contributed by atoms with Crippen molar-refractivity contribution in [2.45, 2.75) is 37.1 Å². The molecule has 4 aromatic rings. The molecule has 3 aromatic heterocycles. The molecule has 2 aliphatic rings. The molecule has 176 valence electrons. The van der Waals surface area contributed by atoms with Gasteiger partial charge in [-0.3, -0.25) is 4.90 Å². The van der Waals surface area contributed by atoms with E-state index in [9.17, 15) is 10.2 Å². The highest BCUT2D eigenvalue weighted by atomic mass is 79.9. The normalized spacial score (nSPS) is 29.6. The minimum Gasteiger partial charge on any atom is -0.390 e. The molecule has 10 heteroatoms. The van der Waals surface area contributed by atoms with Crippen LogP contribution in [0.3, 0.4) is 0 Å². The minimum atomic E-state index is -0.908. The van der Waals surface area contributed by atoms with Gasteiger partial charge in [-0.05, 0) is 59.6 Å². The number of rotatable bonds is 2. The average Bonchev–Trinajstić information content (AvgIpc) is 3.45. The maximum atomic E-state index is 11.3. The molecular weight excluding hydrogens is 498 g/mol. The van der Waals surface area contributed by atoms with Crippen LogP contribution in [0.4, 0.5) is 11.6 Å². The Morgan fingerprint density at radius 1 is 1.09 bits per heavy atom. The lowest BCUT2D eigenvalue weighted by Gasteiger charge is -2.27. The van der Waals surface area contributed by atoms with Crippen molar-refractivity contribution in [3.05, 3.63) is 52.9 Å². The van der Waals surface area contributed by atoms with E-state index in [-0.39, 0.29) is 12.1 Å². The molecule has 6 rings (SSSR count). The molecule has 0 unspecified atom stereocenters. The molecule has 0 amide bonds. The van der Waals surface area contributed by atoms with E-state index in [0.29, 0.717) is 30.2 Å². The Hall–Kier alpha value is -2.79. The van der Waals surface area contributed by atoms with Crippen LogP contribution in [0.15, 0.2) is 47.3 Å². The molecular formula is C24H26BrN7O2. The highest BCUT2D eigenvalue weighted by molar-refractivity contribution is 9.10. The van der Waals surface area contributed by atoms with Crippen molar-refractivity contribution in [3.63, 3.8) is 0 Å². The number of aliphatic hydroxyl groups is 2. The molecule has 1 saturated heterocycles. The number of nitrogen functional groups attached to an aromatic ring is 2. The number of aromatic nitrogens is 4. The molecule has 6 N–H and O–H groups in total. The molecule has 1 aromatic carbocycles. The summed E-state index contributed by atoms with van der Waals surface area (Å²) >= 11 is 3.44. The number of nitrogens with zero attached hydrogens (tertiary/aromatic N) is 5. The van der Waals surface area contributed by atoms with Gasteiger partial charge in [-0.25, -0.2) is 15.0 Å². The smallest absolute Gasteiger partial charge is 0.145 e. The number of nitrogens with two attached hydrogens (primary N) is 2. The summed E-state index contributed by atoms with van der Waals surface area (Å²) in [7, 11) is 2.07. The van der Waals surface area contributed by atoms with E-state index in [2.05, 4.69) is 61.0 Å². The molecule has 34 heavy (non-hydrogen) atoms. The number of anilines is 2. The van der Waals surface area contributed by atoms with Gasteiger partial charge in [0, 0.05) is 29.6 Å². The van der Waals surface area contributed by atoms with Crippen LogP contribution in [-0.4, -0.2) is 60.4 Å². The van der Waals surface area contributed by atoms with Crippen molar-refractivity contribution in [3.8, 4) is 0 Å². The molecule has 1 aliphatic heterocycles. The first kappa shape index (κ1) is 21.7. The van der Waals surface area contributed by atoms with E-state index in [4.69, 9.17) is 11.5 Å². The number of halogens is 1. The first-order valence-corrected chi connectivity index (χ1v) is 12.1. The van der Waals surface area contributed by atoms with Crippen LogP contribution >= 0.6 is 15.9 Å². The maximum Gasteiger partial charge on any atom is 0.145 e. The average molecular weight is 524 g/mol. The second-order valence-electron chi connectivity index (χ2n) is 9.73. The lowest BCUT2D eigenvalue weighted by molar-refractivity contribution is -0.0238. The van der Waals surface area contributed by atoms with Gasteiger partial charge in [-0.1, -0.05) is 12.1 Å². The monoisotopic (exact) mass is 523 g/mol. The molecule has 4 heterocycles. The Morgan fingerprint density at radius 2 is 1.91 bits per heavy atom. The predicted molar refractivity (Wildman–Crippen MR) is 134 cm³/mol. The number of aliphatic hydroxyl groups excluding tert-OH is 2. The summed E-state index contributed by atoms with van der Waals surface area (Å²) in [5.74, 6) is 0.867. The van der Waals surface area contributed by atoms with E-state index >= 15 is 0 Å². The van der Waals surface area contributed by atoms with Crippen molar-refractivity contribution in [2.24, 2.45) is 5.41 Å². The first-order chi connectivity index (χ1) is 16.3. The molecule has 0 bridgehead atoms. The molecule has 9 nitrogen and oxygen atoms in total. The Balaban J connectivity index is 1.33. The molecule has 5 atom stereocenters. The number of hydrogen-bond acceptors (Lipinski definition) is 8. The van der Waals surface area contributed by atoms with E-state index in [1.54, 1.807) is 0 Å². The summed E-state index contributed by atoms with van der Waals surface area (Å²) in [6.45, 7) is 0.677. The molecule has 0 radical (unpaired) electrons. The number of hydrogen-bond donors (Lipinski definition) is 4. The number of fused-ring (bicyclic) bond motifs is 2. The van der Waals surface area contributed by atoms with Crippen molar-refractivity contribution in [1.29, 1.82) is 0 Å². The van der Waals surface area contributed by atoms with E-state index in [1.807, 2.05) is 22.9 Å². The largest absolute Gasteiger partial charge is 0.390 e. The standard InChI is InChI=1S/C24H26BrN7O2/c1-31-10-24(8-17(31)13-3-2-12-6-15(25)22(27)30-16(12)7-13)9-18(19(33)20(24)34)32-5-4-14-21(26)28-11-29-23(14)32/h2-7,11,17-20,33-34H,8-10H2,1H3,(H2,27,30)(H2,26,28,29)/t17-,18+,19-,20-,24-/m0/s1. The minimum absolute atomic E-state index is 0.0936. The van der Waals surface area contributed by atoms with Crippen LogP contribution in [0, 0.1) is 5.41 Å². The Morgan fingerprint density at radius 3 is 2.74 bits per heavy atom. The van der Waals surface area contributed by atoms with Crippen LogP contribution in [0.2, 0.25) is 0 Å². The fourth-order valence-corrected chi connectivity index (χ4v) is 6.41. The zero-order valence-corrected chi connectivity index (χ0v) is 20.2. The summed E-state index contributed by atoms with van der Waals surface area (Å²) in [6, 6.07) is 9.87. The Labute approximate surface area is 204 Å². The van der Waals surface area contributed by atoms with Crippen LogP contribution in [-0.2, 0) is 0 Å². The Bertz CT molecular complexity index is 1430. The summed E-state index contributed by atoms with van der Waals surface area (Å²) < 4.78 is 2.72. The second kappa shape index (κ2) is 7.61. The van der Waals surface area contributed by atoms with Crippen molar-refractivity contribution in [1.82, 2.24) is 24.4 Å². The Kier molecular flexibility index (Phi) is 4.86. The van der Waals surface area contributed by atoms with Gasteiger partial charge in [0.05, 0.1) is 27.5 Å². The zero-order valence-electron chi connectivity index (χ0n) is 18.6. The van der Waals surface area contributed by atoms with E-state index in [1.165, 1.54) is 6.33 Å². The van der Waals surface area contributed by atoms with Crippen LogP contribution < -0.4 is 11.5 Å². The third-order valence-electron chi connectivity index (χ3n) is 7.76. The van der Waals surface area contributed by atoms with E-state index < -0.39 is 17.6 Å². The summed E-state index contributed by atoms with van der Waals surface area (Å²) in [6.07, 6.45) is 2.91. The topological polar surface area (TPSA) is 139 Å². The zero-order chi connectivity index (χ0) is 23.8. The molecule has 1 saturated carbocycles. The third kappa shape index (κ3) is 3.13. The summed E-state index contributed by atoms with van der Waals surface area (Å²) in [5.41, 5.74) is 14.2. The summed E-state index contributed by atoms with van der Waals surface area (Å²) in [4.78, 5) is 15.2. The number of benzene rings is 1. The van der Waals surface area contributed by atoms with Crippen molar-refractivity contribution < 1.29 is 10.2 Å². The molecule has 1 aliphatic carbocycles. The number of pyridine rings is 1. The van der Waals surface area contributed by atoms with E-state index in [0.717, 1.165) is 32.7 Å². The van der Waals surface area contributed by atoms with Crippen LogP contribution in [0.1, 0.15) is 30.5 Å². The SMILES string of the molecule is CN1C[C@@]2(C[C@@H](n3ccc4c(N)ncnc43)[C@H](O)[C@@H]2O)C[C@H]1c1ccc2cc(Br)c(N)nc2c1. The van der Waals surface area contributed by atoms with Gasteiger partial charge >= 0.3 is 0 Å². The predicted octanol–water partition coefficient (Wildman–Crippen LogP) is 2.64. The first-order valence-electron chi connectivity index (χ1n) is 11.3.